The van der Waals surface area contributed by atoms with Gasteiger partial charge in [-0.1, -0.05) is 19.8 Å². The molecule has 0 spiro atoms. The van der Waals surface area contributed by atoms with Gasteiger partial charge in [0.2, 0.25) is 0 Å². The van der Waals surface area contributed by atoms with Gasteiger partial charge in [-0.25, -0.2) is 0 Å². The molecule has 0 amide bonds. The Labute approximate surface area is 81.3 Å². The van der Waals surface area contributed by atoms with Crippen molar-refractivity contribution in [2.45, 2.75) is 59.0 Å². The average Bonchev–Trinajstić information content (AvgIpc) is 2.01. The second kappa shape index (κ2) is 7.07. The third-order valence-electron chi connectivity index (χ3n) is 2.39. The molecule has 0 fully saturated rings. The molecule has 0 aliphatic rings. The van der Waals surface area contributed by atoms with Crippen molar-refractivity contribution in [1.82, 2.24) is 0 Å². The number of aliphatic hydroxyl groups excluding tert-OH is 1. The molecule has 0 rings (SSSR count). The predicted molar refractivity (Wildman–Crippen MR) is 54.6 cm³/mol. The standard InChI is InChI=1S/C11H22O2/c1-4-11(8-10(3)13)7-5-6-9(2)12/h9,11-12H,4-8H2,1-3H3. The quantitative estimate of drug-likeness (QED) is 0.663. The fourth-order valence-electron chi connectivity index (χ4n) is 1.56. The molecule has 13 heavy (non-hydrogen) atoms. The molecule has 78 valence electrons. The maximum absolute atomic E-state index is 10.9. The van der Waals surface area contributed by atoms with E-state index in [2.05, 4.69) is 6.92 Å². The lowest BCUT2D eigenvalue weighted by Gasteiger charge is -2.13. The van der Waals surface area contributed by atoms with Crippen molar-refractivity contribution >= 4 is 5.78 Å². The first-order valence-electron chi connectivity index (χ1n) is 5.23. The van der Waals surface area contributed by atoms with Gasteiger partial charge in [-0.2, -0.15) is 0 Å². The number of hydrogen-bond donors (Lipinski definition) is 1. The van der Waals surface area contributed by atoms with Crippen LogP contribution in [0.1, 0.15) is 52.9 Å². The van der Waals surface area contributed by atoms with Gasteiger partial charge in [0.15, 0.2) is 0 Å². The third-order valence-corrected chi connectivity index (χ3v) is 2.39. The van der Waals surface area contributed by atoms with Crippen LogP contribution in [0.25, 0.3) is 0 Å². The van der Waals surface area contributed by atoms with E-state index in [0.717, 1.165) is 25.7 Å². The minimum absolute atomic E-state index is 0.199. The van der Waals surface area contributed by atoms with E-state index in [1.54, 1.807) is 6.92 Å². The molecular formula is C11H22O2. The van der Waals surface area contributed by atoms with E-state index >= 15 is 0 Å². The van der Waals surface area contributed by atoms with Crippen LogP contribution in [0.2, 0.25) is 0 Å². The first-order valence-corrected chi connectivity index (χ1v) is 5.23. The van der Waals surface area contributed by atoms with Crippen molar-refractivity contribution in [2.24, 2.45) is 5.92 Å². The molecule has 0 aromatic carbocycles. The number of carbonyl (C=O) groups is 1. The molecule has 2 atom stereocenters. The molecule has 0 aliphatic carbocycles. The smallest absolute Gasteiger partial charge is 0.130 e. The lowest BCUT2D eigenvalue weighted by atomic mass is 9.93. The van der Waals surface area contributed by atoms with Gasteiger partial charge in [-0.3, -0.25) is 0 Å². The molecule has 0 aromatic heterocycles. The maximum atomic E-state index is 10.9. The van der Waals surface area contributed by atoms with Crippen molar-refractivity contribution in [3.05, 3.63) is 0 Å². The molecule has 1 N–H and O–H groups in total. The maximum Gasteiger partial charge on any atom is 0.130 e. The molecule has 0 bridgehead atoms. The van der Waals surface area contributed by atoms with Crippen molar-refractivity contribution in [3.63, 3.8) is 0 Å². The monoisotopic (exact) mass is 186 g/mol. The van der Waals surface area contributed by atoms with Gasteiger partial charge < -0.3 is 9.90 Å². The van der Waals surface area contributed by atoms with Crippen LogP contribution in [0.5, 0.6) is 0 Å². The summed E-state index contributed by atoms with van der Waals surface area (Å²) in [6.07, 6.45) is 4.53. The Morgan fingerprint density at radius 2 is 2.00 bits per heavy atom. The van der Waals surface area contributed by atoms with Crippen LogP contribution in [0.4, 0.5) is 0 Å². The van der Waals surface area contributed by atoms with Crippen molar-refractivity contribution in [3.8, 4) is 0 Å². The van der Waals surface area contributed by atoms with E-state index in [1.807, 2.05) is 6.92 Å². The Kier molecular flexibility index (Phi) is 6.87. The number of Topliss-reactive ketones (excluding diaryl/α,β-unsaturated/α-hetero) is 1. The second-order valence-electron chi connectivity index (χ2n) is 3.96. The van der Waals surface area contributed by atoms with Crippen molar-refractivity contribution in [2.75, 3.05) is 0 Å². The van der Waals surface area contributed by atoms with E-state index in [0.29, 0.717) is 12.3 Å². The summed E-state index contributed by atoms with van der Waals surface area (Å²) in [5.41, 5.74) is 0. The molecule has 2 nitrogen and oxygen atoms in total. The Balaban J connectivity index is 3.53. The van der Waals surface area contributed by atoms with Gasteiger partial charge in [0.05, 0.1) is 6.10 Å². The summed E-state index contributed by atoms with van der Waals surface area (Å²) in [6, 6.07) is 0. The van der Waals surface area contributed by atoms with Crippen LogP contribution < -0.4 is 0 Å². The highest BCUT2D eigenvalue weighted by molar-refractivity contribution is 5.75. The summed E-state index contributed by atoms with van der Waals surface area (Å²) in [7, 11) is 0. The first kappa shape index (κ1) is 12.6. The van der Waals surface area contributed by atoms with Gasteiger partial charge >= 0.3 is 0 Å². The van der Waals surface area contributed by atoms with Gasteiger partial charge in [0.25, 0.3) is 0 Å². The molecule has 2 unspecified atom stereocenters. The van der Waals surface area contributed by atoms with Crippen LogP contribution >= 0.6 is 0 Å². The average molecular weight is 186 g/mol. The SMILES string of the molecule is CCC(CCCC(C)O)CC(C)=O. The first-order chi connectivity index (χ1) is 6.06. The fourth-order valence-corrected chi connectivity index (χ4v) is 1.56. The zero-order valence-corrected chi connectivity index (χ0v) is 9.05. The van der Waals surface area contributed by atoms with E-state index in [1.165, 1.54) is 0 Å². The summed E-state index contributed by atoms with van der Waals surface area (Å²) in [4.78, 5) is 10.9. The van der Waals surface area contributed by atoms with E-state index in [-0.39, 0.29) is 11.9 Å². The summed E-state index contributed by atoms with van der Waals surface area (Å²) in [5.74, 6) is 0.806. The number of carbonyl (C=O) groups excluding carboxylic acids is 1. The van der Waals surface area contributed by atoms with Gasteiger partial charge in [0, 0.05) is 6.42 Å². The lowest BCUT2D eigenvalue weighted by molar-refractivity contribution is -0.117. The third kappa shape index (κ3) is 7.97. The van der Waals surface area contributed by atoms with Crippen LogP contribution in [0.15, 0.2) is 0 Å². The zero-order chi connectivity index (χ0) is 10.3. The van der Waals surface area contributed by atoms with Crippen molar-refractivity contribution in [1.29, 1.82) is 0 Å². The van der Waals surface area contributed by atoms with Crippen molar-refractivity contribution < 1.29 is 9.90 Å². The van der Waals surface area contributed by atoms with Gasteiger partial charge in [-0.05, 0) is 32.6 Å². The Hall–Kier alpha value is -0.370. The molecular weight excluding hydrogens is 164 g/mol. The fraction of sp³-hybridized carbons (Fsp3) is 0.909. The van der Waals surface area contributed by atoms with Crippen LogP contribution in [-0.2, 0) is 4.79 Å². The lowest BCUT2D eigenvalue weighted by Crippen LogP contribution is -2.06. The van der Waals surface area contributed by atoms with Crippen LogP contribution in [0.3, 0.4) is 0 Å². The second-order valence-corrected chi connectivity index (χ2v) is 3.96. The highest BCUT2D eigenvalue weighted by Crippen LogP contribution is 2.17. The van der Waals surface area contributed by atoms with E-state index in [4.69, 9.17) is 5.11 Å². The minimum atomic E-state index is -0.199. The van der Waals surface area contributed by atoms with Crippen LogP contribution in [-0.4, -0.2) is 17.0 Å². The largest absolute Gasteiger partial charge is 0.393 e. The Bertz CT molecular complexity index is 141. The summed E-state index contributed by atoms with van der Waals surface area (Å²) >= 11 is 0. The molecule has 0 saturated carbocycles. The molecule has 0 radical (unpaired) electrons. The van der Waals surface area contributed by atoms with Gasteiger partial charge in [0.1, 0.15) is 5.78 Å². The molecule has 0 aliphatic heterocycles. The van der Waals surface area contributed by atoms with E-state index in [9.17, 15) is 4.79 Å². The molecule has 0 saturated heterocycles. The van der Waals surface area contributed by atoms with Gasteiger partial charge in [-0.15, -0.1) is 0 Å². The van der Waals surface area contributed by atoms with E-state index < -0.39 is 0 Å². The summed E-state index contributed by atoms with van der Waals surface area (Å²) < 4.78 is 0. The Morgan fingerprint density at radius 3 is 2.38 bits per heavy atom. The molecule has 0 heterocycles. The summed E-state index contributed by atoms with van der Waals surface area (Å²) in [5, 5.41) is 9.05. The highest BCUT2D eigenvalue weighted by atomic mass is 16.3. The highest BCUT2D eigenvalue weighted by Gasteiger charge is 2.09. The summed E-state index contributed by atoms with van der Waals surface area (Å²) in [6.45, 7) is 5.58. The number of ketones is 1. The number of rotatable bonds is 7. The Morgan fingerprint density at radius 1 is 1.38 bits per heavy atom. The normalized spacial score (nSPS) is 15.4. The molecule has 2 heteroatoms. The predicted octanol–water partition coefficient (Wildman–Crippen LogP) is 2.54. The zero-order valence-electron chi connectivity index (χ0n) is 9.05. The minimum Gasteiger partial charge on any atom is -0.393 e. The number of hydrogen-bond acceptors (Lipinski definition) is 2. The molecule has 0 aromatic rings. The topological polar surface area (TPSA) is 37.3 Å². The number of aliphatic hydroxyl groups is 1. The van der Waals surface area contributed by atoms with Crippen LogP contribution in [0, 0.1) is 5.92 Å².